The molecular formula is C24H33IN4O2. The number of aliphatic imine (C=N–C) groups is 1. The predicted molar refractivity (Wildman–Crippen MR) is 133 cm³/mol. The van der Waals surface area contributed by atoms with Crippen LogP contribution in [0.5, 0.6) is 0 Å². The van der Waals surface area contributed by atoms with Gasteiger partial charge in [0.1, 0.15) is 0 Å². The van der Waals surface area contributed by atoms with Gasteiger partial charge in [-0.15, -0.1) is 24.0 Å². The molecule has 1 saturated heterocycles. The SMILES string of the molecule is CCNC(=NCC(C)(C)c1ccccc1)NCCN1C(=O)C2C3C=CC(C3)C2C1=O.I. The van der Waals surface area contributed by atoms with Crippen LogP contribution in [0.15, 0.2) is 47.5 Å². The van der Waals surface area contributed by atoms with E-state index >= 15 is 0 Å². The van der Waals surface area contributed by atoms with Crippen molar-refractivity contribution < 1.29 is 9.59 Å². The molecule has 1 aromatic carbocycles. The molecule has 7 heteroatoms. The number of hydrogen-bond acceptors (Lipinski definition) is 3. The van der Waals surface area contributed by atoms with Gasteiger partial charge in [0.25, 0.3) is 0 Å². The van der Waals surface area contributed by atoms with Gasteiger partial charge in [-0.3, -0.25) is 19.5 Å². The van der Waals surface area contributed by atoms with E-state index in [1.54, 1.807) is 0 Å². The van der Waals surface area contributed by atoms with Crippen LogP contribution in [0.4, 0.5) is 0 Å². The second kappa shape index (κ2) is 9.71. The van der Waals surface area contributed by atoms with Crippen LogP contribution in [-0.2, 0) is 15.0 Å². The number of carbonyl (C=O) groups excluding carboxylic acids is 2. The van der Waals surface area contributed by atoms with E-state index in [2.05, 4.69) is 48.8 Å². The summed E-state index contributed by atoms with van der Waals surface area (Å²) in [5.41, 5.74) is 1.15. The Morgan fingerprint density at radius 1 is 1.06 bits per heavy atom. The van der Waals surface area contributed by atoms with E-state index in [1.807, 2.05) is 25.1 Å². The highest BCUT2D eigenvalue weighted by molar-refractivity contribution is 14.0. The Morgan fingerprint density at radius 3 is 2.26 bits per heavy atom. The van der Waals surface area contributed by atoms with E-state index in [4.69, 9.17) is 4.99 Å². The summed E-state index contributed by atoms with van der Waals surface area (Å²) in [4.78, 5) is 31.8. The number of halogens is 1. The Hall–Kier alpha value is -1.90. The molecule has 6 nitrogen and oxygen atoms in total. The fourth-order valence-corrected chi connectivity index (χ4v) is 5.07. The monoisotopic (exact) mass is 536 g/mol. The third-order valence-corrected chi connectivity index (χ3v) is 6.72. The average Bonchev–Trinajstić information content (AvgIpc) is 3.42. The molecule has 3 aliphatic rings. The lowest BCUT2D eigenvalue weighted by molar-refractivity contribution is -0.140. The van der Waals surface area contributed by atoms with E-state index in [0.717, 1.165) is 13.0 Å². The number of benzene rings is 1. The highest BCUT2D eigenvalue weighted by Gasteiger charge is 2.58. The van der Waals surface area contributed by atoms with Crippen LogP contribution < -0.4 is 10.6 Å². The predicted octanol–water partition coefficient (Wildman–Crippen LogP) is 2.94. The smallest absolute Gasteiger partial charge is 0.233 e. The largest absolute Gasteiger partial charge is 0.357 e. The summed E-state index contributed by atoms with van der Waals surface area (Å²) in [7, 11) is 0. The van der Waals surface area contributed by atoms with Gasteiger partial charge in [0.15, 0.2) is 5.96 Å². The van der Waals surface area contributed by atoms with E-state index in [9.17, 15) is 9.59 Å². The molecule has 4 unspecified atom stereocenters. The molecule has 0 aromatic heterocycles. The van der Waals surface area contributed by atoms with Crippen molar-refractivity contribution in [2.24, 2.45) is 28.7 Å². The van der Waals surface area contributed by atoms with Crippen LogP contribution in [0.25, 0.3) is 0 Å². The van der Waals surface area contributed by atoms with Gasteiger partial charge < -0.3 is 10.6 Å². The van der Waals surface area contributed by atoms with Crippen LogP contribution in [0.1, 0.15) is 32.8 Å². The Balaban J connectivity index is 0.00000272. The Labute approximate surface area is 202 Å². The second-order valence-corrected chi connectivity index (χ2v) is 9.20. The first kappa shape index (κ1) is 23.8. The number of carbonyl (C=O) groups is 2. The molecule has 2 N–H and O–H groups in total. The molecule has 0 spiro atoms. The van der Waals surface area contributed by atoms with Gasteiger partial charge in [0, 0.05) is 25.0 Å². The molecule has 0 radical (unpaired) electrons. The number of likely N-dealkylation sites (tertiary alicyclic amines) is 1. The van der Waals surface area contributed by atoms with Gasteiger partial charge >= 0.3 is 0 Å². The zero-order chi connectivity index (χ0) is 21.3. The molecule has 2 bridgehead atoms. The molecule has 2 amide bonds. The maximum Gasteiger partial charge on any atom is 0.233 e. The minimum absolute atomic E-state index is 0. The molecule has 31 heavy (non-hydrogen) atoms. The zero-order valence-electron chi connectivity index (χ0n) is 18.5. The number of amides is 2. The average molecular weight is 536 g/mol. The summed E-state index contributed by atoms with van der Waals surface area (Å²) >= 11 is 0. The number of allylic oxidation sites excluding steroid dienone is 2. The molecule has 1 aliphatic heterocycles. The third kappa shape index (κ3) is 4.66. The highest BCUT2D eigenvalue weighted by Crippen LogP contribution is 2.52. The molecule has 2 aliphatic carbocycles. The Kier molecular flexibility index (Phi) is 7.44. The minimum atomic E-state index is -0.124. The molecule has 4 atom stereocenters. The van der Waals surface area contributed by atoms with Gasteiger partial charge in [-0.1, -0.05) is 56.3 Å². The summed E-state index contributed by atoms with van der Waals surface area (Å²) in [6, 6.07) is 10.4. The number of hydrogen-bond donors (Lipinski definition) is 2. The highest BCUT2D eigenvalue weighted by atomic mass is 127. The third-order valence-electron chi connectivity index (χ3n) is 6.72. The van der Waals surface area contributed by atoms with Gasteiger partial charge in [-0.05, 0) is 30.7 Å². The van der Waals surface area contributed by atoms with Crippen LogP contribution >= 0.6 is 24.0 Å². The number of guanidine groups is 1. The minimum Gasteiger partial charge on any atom is -0.357 e. The zero-order valence-corrected chi connectivity index (χ0v) is 20.8. The van der Waals surface area contributed by atoms with Crippen molar-refractivity contribution in [1.29, 1.82) is 0 Å². The van der Waals surface area contributed by atoms with Gasteiger partial charge in [0.05, 0.1) is 18.4 Å². The van der Waals surface area contributed by atoms with Crippen molar-refractivity contribution in [3.8, 4) is 0 Å². The van der Waals surface area contributed by atoms with Crippen LogP contribution in [0.2, 0.25) is 0 Å². The van der Waals surface area contributed by atoms with Crippen molar-refractivity contribution in [2.75, 3.05) is 26.2 Å². The normalized spacial score (nSPS) is 26.8. The summed E-state index contributed by atoms with van der Waals surface area (Å²) in [6.45, 7) is 8.65. The number of imide groups is 1. The van der Waals surface area contributed by atoms with E-state index in [-0.39, 0.29) is 64.9 Å². The van der Waals surface area contributed by atoms with Gasteiger partial charge in [-0.2, -0.15) is 0 Å². The molecule has 168 valence electrons. The number of nitrogens with zero attached hydrogens (tertiary/aromatic N) is 2. The molecular weight excluding hydrogens is 503 g/mol. The van der Waals surface area contributed by atoms with Crippen molar-refractivity contribution in [2.45, 2.75) is 32.6 Å². The maximum atomic E-state index is 12.8. The van der Waals surface area contributed by atoms with Crippen LogP contribution in [0, 0.1) is 23.7 Å². The molecule has 1 aromatic rings. The Morgan fingerprint density at radius 2 is 1.68 bits per heavy atom. The van der Waals surface area contributed by atoms with Gasteiger partial charge in [0.2, 0.25) is 11.8 Å². The molecule has 4 rings (SSSR count). The van der Waals surface area contributed by atoms with Crippen LogP contribution in [-0.4, -0.2) is 48.9 Å². The first-order valence-electron chi connectivity index (χ1n) is 11.0. The molecule has 2 fully saturated rings. The van der Waals surface area contributed by atoms with E-state index in [1.165, 1.54) is 10.5 Å². The lowest BCUT2D eigenvalue weighted by Gasteiger charge is -2.24. The quantitative estimate of drug-likeness (QED) is 0.185. The standard InChI is InChI=1S/C24H32N4O2.HI/c1-4-25-23(27-15-24(2,3)18-8-6-5-7-9-18)26-12-13-28-21(29)19-16-10-11-17(14-16)20(19)22(28)30;/h5-11,16-17,19-20H,4,12-15H2,1-3H3,(H2,25,26,27);1H. The maximum absolute atomic E-state index is 12.8. The summed E-state index contributed by atoms with van der Waals surface area (Å²) in [6.07, 6.45) is 5.22. The first-order chi connectivity index (χ1) is 14.4. The van der Waals surface area contributed by atoms with Crippen molar-refractivity contribution in [3.63, 3.8) is 0 Å². The van der Waals surface area contributed by atoms with E-state index in [0.29, 0.717) is 25.6 Å². The van der Waals surface area contributed by atoms with E-state index < -0.39 is 0 Å². The topological polar surface area (TPSA) is 73.8 Å². The lowest BCUT2D eigenvalue weighted by atomic mass is 9.85. The lowest BCUT2D eigenvalue weighted by Crippen LogP contribution is -2.44. The summed E-state index contributed by atoms with van der Waals surface area (Å²) < 4.78 is 0. The molecule has 1 saturated carbocycles. The number of nitrogens with one attached hydrogen (secondary N) is 2. The Bertz CT molecular complexity index is 838. The van der Waals surface area contributed by atoms with Crippen LogP contribution in [0.3, 0.4) is 0 Å². The number of rotatable bonds is 7. The van der Waals surface area contributed by atoms with Gasteiger partial charge in [-0.25, -0.2) is 0 Å². The first-order valence-corrected chi connectivity index (χ1v) is 11.0. The summed E-state index contributed by atoms with van der Waals surface area (Å²) in [5.74, 6) is 0.998. The van der Waals surface area contributed by atoms with Crippen molar-refractivity contribution in [1.82, 2.24) is 15.5 Å². The van der Waals surface area contributed by atoms with Crippen molar-refractivity contribution >= 4 is 41.8 Å². The molecule has 1 heterocycles. The summed E-state index contributed by atoms with van der Waals surface area (Å²) in [5, 5.41) is 6.55. The fourth-order valence-electron chi connectivity index (χ4n) is 5.07. The second-order valence-electron chi connectivity index (χ2n) is 9.20. The van der Waals surface area contributed by atoms with Crippen molar-refractivity contribution in [3.05, 3.63) is 48.0 Å². The fraction of sp³-hybridized carbons (Fsp3) is 0.542. The number of fused-ring (bicyclic) bond motifs is 5.